The summed E-state index contributed by atoms with van der Waals surface area (Å²) < 4.78 is 0. The van der Waals surface area contributed by atoms with E-state index in [-0.39, 0.29) is 11.3 Å². The second kappa shape index (κ2) is 6.15. The van der Waals surface area contributed by atoms with Crippen LogP contribution in [-0.4, -0.2) is 18.5 Å². The molecule has 1 fully saturated rings. The van der Waals surface area contributed by atoms with Crippen LogP contribution in [0.4, 0.5) is 0 Å². The van der Waals surface area contributed by atoms with E-state index in [1.165, 1.54) is 5.56 Å². The molecule has 1 aliphatic rings. The molecule has 1 aromatic rings. The predicted molar refractivity (Wildman–Crippen MR) is 82.8 cm³/mol. The number of rotatable bonds is 6. The largest absolute Gasteiger partial charge is 0.354 e. The van der Waals surface area contributed by atoms with Crippen molar-refractivity contribution in [3.63, 3.8) is 0 Å². The fourth-order valence-electron chi connectivity index (χ4n) is 2.54. The van der Waals surface area contributed by atoms with Crippen LogP contribution >= 0.6 is 11.6 Å². The quantitative estimate of drug-likeness (QED) is 0.847. The zero-order chi connectivity index (χ0) is 14.8. The van der Waals surface area contributed by atoms with Crippen LogP contribution < -0.4 is 11.1 Å². The number of nitrogens with two attached hydrogens (primary N) is 1. The van der Waals surface area contributed by atoms with E-state index in [4.69, 9.17) is 17.3 Å². The topological polar surface area (TPSA) is 55.1 Å². The monoisotopic (exact) mass is 294 g/mol. The minimum atomic E-state index is -0.412. The van der Waals surface area contributed by atoms with Crippen molar-refractivity contribution in [1.82, 2.24) is 5.32 Å². The third kappa shape index (κ3) is 3.74. The van der Waals surface area contributed by atoms with Gasteiger partial charge in [0.15, 0.2) is 0 Å². The second-order valence-electron chi connectivity index (χ2n) is 6.24. The lowest BCUT2D eigenvalue weighted by Gasteiger charge is -2.19. The molecular weight excluding hydrogens is 272 g/mol. The summed E-state index contributed by atoms with van der Waals surface area (Å²) in [7, 11) is 0. The van der Waals surface area contributed by atoms with Gasteiger partial charge in [0.05, 0.1) is 6.04 Å². The summed E-state index contributed by atoms with van der Waals surface area (Å²) in [5.41, 5.74) is 7.18. The SMILES string of the molecule is CC(C)C[C@H](N)C(=O)NCC1(c2cccc(Cl)c2)CC1. The minimum absolute atomic E-state index is 0.0491. The summed E-state index contributed by atoms with van der Waals surface area (Å²) in [4.78, 5) is 12.0. The van der Waals surface area contributed by atoms with Gasteiger partial charge < -0.3 is 11.1 Å². The third-order valence-corrected chi connectivity index (χ3v) is 4.19. The van der Waals surface area contributed by atoms with Crippen LogP contribution in [0.2, 0.25) is 5.02 Å². The molecule has 0 bridgehead atoms. The van der Waals surface area contributed by atoms with E-state index in [0.29, 0.717) is 12.5 Å². The predicted octanol–water partition coefficient (Wildman–Crippen LogP) is 2.86. The molecule has 3 nitrogen and oxygen atoms in total. The minimum Gasteiger partial charge on any atom is -0.354 e. The van der Waals surface area contributed by atoms with Gasteiger partial charge in [0.1, 0.15) is 0 Å². The number of hydrogen-bond acceptors (Lipinski definition) is 2. The van der Waals surface area contributed by atoms with Crippen molar-refractivity contribution < 1.29 is 4.79 Å². The number of nitrogens with one attached hydrogen (secondary N) is 1. The molecule has 1 saturated carbocycles. The molecule has 20 heavy (non-hydrogen) atoms. The van der Waals surface area contributed by atoms with E-state index in [1.807, 2.05) is 18.2 Å². The highest BCUT2D eigenvalue weighted by Gasteiger charge is 2.44. The Balaban J connectivity index is 1.92. The van der Waals surface area contributed by atoms with Crippen LogP contribution in [0.25, 0.3) is 0 Å². The van der Waals surface area contributed by atoms with Crippen molar-refractivity contribution in [2.45, 2.75) is 44.6 Å². The first kappa shape index (κ1) is 15.3. The van der Waals surface area contributed by atoms with Gasteiger partial charge in [0.2, 0.25) is 5.91 Å². The smallest absolute Gasteiger partial charge is 0.236 e. The Hall–Kier alpha value is -1.06. The number of hydrogen-bond donors (Lipinski definition) is 2. The molecule has 4 heteroatoms. The van der Waals surface area contributed by atoms with Gasteiger partial charge >= 0.3 is 0 Å². The maximum absolute atomic E-state index is 12.0. The summed E-state index contributed by atoms with van der Waals surface area (Å²) in [6.45, 7) is 4.79. The molecular formula is C16H23ClN2O. The van der Waals surface area contributed by atoms with Crippen LogP contribution in [0.15, 0.2) is 24.3 Å². The van der Waals surface area contributed by atoms with Gasteiger partial charge in [-0.3, -0.25) is 4.79 Å². The molecule has 1 amide bonds. The van der Waals surface area contributed by atoms with E-state index in [9.17, 15) is 4.79 Å². The maximum atomic E-state index is 12.0. The first-order chi connectivity index (χ1) is 9.43. The van der Waals surface area contributed by atoms with E-state index >= 15 is 0 Å². The molecule has 0 radical (unpaired) electrons. The first-order valence-corrected chi connectivity index (χ1v) is 7.60. The summed E-state index contributed by atoms with van der Waals surface area (Å²) in [5, 5.41) is 3.75. The van der Waals surface area contributed by atoms with Crippen LogP contribution in [0, 0.1) is 5.92 Å². The third-order valence-electron chi connectivity index (χ3n) is 3.95. The molecule has 2 rings (SSSR count). The molecule has 1 aliphatic carbocycles. The Morgan fingerprint density at radius 2 is 2.15 bits per heavy atom. The Kier molecular flexibility index (Phi) is 4.71. The van der Waals surface area contributed by atoms with Crippen LogP contribution in [0.5, 0.6) is 0 Å². The van der Waals surface area contributed by atoms with E-state index in [0.717, 1.165) is 24.3 Å². The number of benzene rings is 1. The van der Waals surface area contributed by atoms with Gasteiger partial charge in [0, 0.05) is 17.0 Å². The van der Waals surface area contributed by atoms with E-state index in [2.05, 4.69) is 25.2 Å². The first-order valence-electron chi connectivity index (χ1n) is 7.22. The van der Waals surface area contributed by atoms with Crippen molar-refractivity contribution in [2.75, 3.05) is 6.54 Å². The van der Waals surface area contributed by atoms with Crippen molar-refractivity contribution in [2.24, 2.45) is 11.7 Å². The molecule has 0 heterocycles. The van der Waals surface area contributed by atoms with Gasteiger partial charge in [0.25, 0.3) is 0 Å². The lowest BCUT2D eigenvalue weighted by atomic mass is 9.95. The number of amides is 1. The van der Waals surface area contributed by atoms with Crippen molar-refractivity contribution >= 4 is 17.5 Å². The van der Waals surface area contributed by atoms with Crippen LogP contribution in [0.1, 0.15) is 38.7 Å². The normalized spacial score (nSPS) is 17.9. The Morgan fingerprint density at radius 3 is 2.70 bits per heavy atom. The van der Waals surface area contributed by atoms with E-state index in [1.54, 1.807) is 0 Å². The van der Waals surface area contributed by atoms with Crippen LogP contribution in [0.3, 0.4) is 0 Å². The highest BCUT2D eigenvalue weighted by atomic mass is 35.5. The Bertz CT molecular complexity index is 483. The lowest BCUT2D eigenvalue weighted by molar-refractivity contribution is -0.122. The lowest BCUT2D eigenvalue weighted by Crippen LogP contribution is -2.44. The Labute approximate surface area is 125 Å². The number of carbonyl (C=O) groups excluding carboxylic acids is 1. The van der Waals surface area contributed by atoms with Crippen molar-refractivity contribution in [1.29, 1.82) is 0 Å². The summed E-state index contributed by atoms with van der Waals surface area (Å²) in [5.74, 6) is 0.380. The van der Waals surface area contributed by atoms with Gasteiger partial charge in [-0.2, -0.15) is 0 Å². The molecule has 0 unspecified atom stereocenters. The highest BCUT2D eigenvalue weighted by Crippen LogP contribution is 2.48. The van der Waals surface area contributed by atoms with Gasteiger partial charge in [-0.25, -0.2) is 0 Å². The molecule has 1 aromatic carbocycles. The average Bonchev–Trinajstić information content (AvgIpc) is 3.16. The molecule has 110 valence electrons. The van der Waals surface area contributed by atoms with E-state index < -0.39 is 6.04 Å². The maximum Gasteiger partial charge on any atom is 0.236 e. The number of carbonyl (C=O) groups is 1. The zero-order valence-corrected chi connectivity index (χ0v) is 12.9. The summed E-state index contributed by atoms with van der Waals surface area (Å²) in [6, 6.07) is 7.50. The molecule has 1 atom stereocenters. The second-order valence-corrected chi connectivity index (χ2v) is 6.68. The van der Waals surface area contributed by atoms with Crippen LogP contribution in [-0.2, 0) is 10.2 Å². The highest BCUT2D eigenvalue weighted by molar-refractivity contribution is 6.30. The summed E-state index contributed by atoms with van der Waals surface area (Å²) in [6.07, 6.45) is 2.90. The Morgan fingerprint density at radius 1 is 1.45 bits per heavy atom. The number of halogens is 1. The van der Waals surface area contributed by atoms with Crippen molar-refractivity contribution in [3.05, 3.63) is 34.9 Å². The molecule has 0 aliphatic heterocycles. The molecule has 3 N–H and O–H groups in total. The zero-order valence-electron chi connectivity index (χ0n) is 12.2. The van der Waals surface area contributed by atoms with Gasteiger partial charge in [-0.05, 0) is 42.9 Å². The molecule has 0 spiro atoms. The standard InChI is InChI=1S/C16H23ClN2O/c1-11(2)8-14(18)15(20)19-10-16(6-7-16)12-4-3-5-13(17)9-12/h3-5,9,11,14H,6-8,10,18H2,1-2H3,(H,19,20)/t14-/m0/s1. The molecule has 0 aromatic heterocycles. The fraction of sp³-hybridized carbons (Fsp3) is 0.562. The van der Waals surface area contributed by atoms with Gasteiger partial charge in [-0.1, -0.05) is 37.6 Å². The fourth-order valence-corrected chi connectivity index (χ4v) is 2.73. The van der Waals surface area contributed by atoms with Crippen molar-refractivity contribution in [3.8, 4) is 0 Å². The molecule has 0 saturated heterocycles. The average molecular weight is 295 g/mol. The summed E-state index contributed by atoms with van der Waals surface area (Å²) >= 11 is 6.04. The van der Waals surface area contributed by atoms with Gasteiger partial charge in [-0.15, -0.1) is 0 Å².